The molecule has 0 saturated carbocycles. The third-order valence-corrected chi connectivity index (χ3v) is 1.72. The minimum Gasteiger partial charge on any atom is -0.437 e. The van der Waals surface area contributed by atoms with Gasteiger partial charge in [-0.05, 0) is 12.5 Å². The van der Waals surface area contributed by atoms with Crippen LogP contribution < -0.4 is 10.5 Å². The number of nitrogens with zero attached hydrogens (tertiary/aromatic N) is 1. The number of hydrogen-bond donors (Lipinski definition) is 1. The molecule has 0 aliphatic heterocycles. The van der Waals surface area contributed by atoms with E-state index >= 15 is 0 Å². The Labute approximate surface area is 85.1 Å². The zero-order valence-corrected chi connectivity index (χ0v) is 8.03. The monoisotopic (exact) mass is 220 g/mol. The standard InChI is InChI=1S/C9H11F3N2O/c1-5(13)6-2-3-7(14-4-6)15-9(12)8(10)11/h2-5,8-9H,13H2,1H3. The number of pyridine rings is 1. The van der Waals surface area contributed by atoms with Crippen LogP contribution in [0.3, 0.4) is 0 Å². The Bertz CT molecular complexity index is 303. The van der Waals surface area contributed by atoms with Gasteiger partial charge in [0.25, 0.3) is 6.36 Å². The van der Waals surface area contributed by atoms with Crippen molar-refractivity contribution in [2.24, 2.45) is 5.73 Å². The molecule has 2 N–H and O–H groups in total. The number of alkyl halides is 3. The molecule has 3 nitrogen and oxygen atoms in total. The van der Waals surface area contributed by atoms with Crippen LogP contribution in [-0.2, 0) is 0 Å². The summed E-state index contributed by atoms with van der Waals surface area (Å²) in [6, 6.07) is 2.63. The smallest absolute Gasteiger partial charge is 0.304 e. The van der Waals surface area contributed by atoms with Crippen molar-refractivity contribution in [2.75, 3.05) is 0 Å². The van der Waals surface area contributed by atoms with Crippen molar-refractivity contribution < 1.29 is 17.9 Å². The minimum atomic E-state index is -3.18. The lowest BCUT2D eigenvalue weighted by molar-refractivity contribution is -0.0690. The molecule has 0 aliphatic carbocycles. The maximum absolute atomic E-state index is 12.4. The van der Waals surface area contributed by atoms with Gasteiger partial charge < -0.3 is 10.5 Å². The van der Waals surface area contributed by atoms with Crippen LogP contribution in [0.4, 0.5) is 13.2 Å². The largest absolute Gasteiger partial charge is 0.437 e. The minimum absolute atomic E-state index is 0.188. The summed E-state index contributed by atoms with van der Waals surface area (Å²) in [5.74, 6) is -0.188. The summed E-state index contributed by atoms with van der Waals surface area (Å²) >= 11 is 0. The third kappa shape index (κ3) is 3.39. The first-order valence-corrected chi connectivity index (χ1v) is 4.31. The number of ether oxygens (including phenoxy) is 1. The maximum Gasteiger partial charge on any atom is 0.304 e. The molecule has 0 spiro atoms. The third-order valence-electron chi connectivity index (χ3n) is 1.72. The van der Waals surface area contributed by atoms with Crippen molar-refractivity contribution in [1.29, 1.82) is 0 Å². The fraction of sp³-hybridized carbons (Fsp3) is 0.444. The van der Waals surface area contributed by atoms with Crippen molar-refractivity contribution in [3.63, 3.8) is 0 Å². The van der Waals surface area contributed by atoms with Gasteiger partial charge in [-0.3, -0.25) is 0 Å². The average Bonchev–Trinajstić information content (AvgIpc) is 2.18. The fourth-order valence-electron chi connectivity index (χ4n) is 0.898. The van der Waals surface area contributed by atoms with E-state index < -0.39 is 12.8 Å². The maximum atomic E-state index is 12.4. The summed E-state index contributed by atoms with van der Waals surface area (Å²) in [6.45, 7) is 1.74. The average molecular weight is 220 g/mol. The van der Waals surface area contributed by atoms with E-state index in [0.717, 1.165) is 5.56 Å². The SMILES string of the molecule is CC(N)c1ccc(OC(F)C(F)F)nc1. The first-order valence-electron chi connectivity index (χ1n) is 4.31. The summed E-state index contributed by atoms with van der Waals surface area (Å²) < 4.78 is 40.2. The van der Waals surface area contributed by atoms with Crippen molar-refractivity contribution >= 4 is 0 Å². The second-order valence-corrected chi connectivity index (χ2v) is 3.02. The summed E-state index contributed by atoms with van der Waals surface area (Å²) in [5, 5.41) is 0. The Morgan fingerprint density at radius 2 is 2.00 bits per heavy atom. The van der Waals surface area contributed by atoms with Gasteiger partial charge in [-0.15, -0.1) is 0 Å². The quantitative estimate of drug-likeness (QED) is 0.844. The van der Waals surface area contributed by atoms with Crippen LogP contribution in [0.5, 0.6) is 5.88 Å². The second-order valence-electron chi connectivity index (χ2n) is 3.02. The summed E-state index contributed by atoms with van der Waals surface area (Å²) in [5.41, 5.74) is 6.26. The molecule has 1 aromatic heterocycles. The van der Waals surface area contributed by atoms with Crippen LogP contribution in [0, 0.1) is 0 Å². The second kappa shape index (κ2) is 4.97. The molecule has 2 unspecified atom stereocenters. The molecule has 0 aromatic carbocycles. The molecule has 6 heteroatoms. The fourth-order valence-corrected chi connectivity index (χ4v) is 0.898. The molecule has 0 bridgehead atoms. The van der Waals surface area contributed by atoms with E-state index in [1.807, 2.05) is 0 Å². The molecule has 15 heavy (non-hydrogen) atoms. The predicted octanol–water partition coefficient (Wildman–Crippen LogP) is 2.04. The van der Waals surface area contributed by atoms with E-state index in [-0.39, 0.29) is 11.9 Å². The van der Waals surface area contributed by atoms with Gasteiger partial charge in [-0.25, -0.2) is 13.8 Å². The lowest BCUT2D eigenvalue weighted by Gasteiger charge is -2.10. The number of aromatic nitrogens is 1. The first kappa shape index (κ1) is 11.8. The summed E-state index contributed by atoms with van der Waals surface area (Å²) in [6.07, 6.45) is -4.48. The van der Waals surface area contributed by atoms with E-state index in [0.29, 0.717) is 0 Å². The zero-order chi connectivity index (χ0) is 11.4. The lowest BCUT2D eigenvalue weighted by Crippen LogP contribution is -2.20. The van der Waals surface area contributed by atoms with Gasteiger partial charge in [0.2, 0.25) is 5.88 Å². The molecule has 1 rings (SSSR count). The molecule has 1 heterocycles. The molecule has 84 valence electrons. The molecular weight excluding hydrogens is 209 g/mol. The highest BCUT2D eigenvalue weighted by molar-refractivity contribution is 5.20. The Kier molecular flexibility index (Phi) is 3.90. The van der Waals surface area contributed by atoms with E-state index in [2.05, 4.69) is 9.72 Å². The van der Waals surface area contributed by atoms with E-state index in [1.165, 1.54) is 12.3 Å². The summed E-state index contributed by atoms with van der Waals surface area (Å²) in [4.78, 5) is 3.65. The number of nitrogens with two attached hydrogens (primary N) is 1. The molecule has 0 radical (unpaired) electrons. The Morgan fingerprint density at radius 3 is 2.40 bits per heavy atom. The normalized spacial score (nSPS) is 15.1. The molecule has 0 amide bonds. The van der Waals surface area contributed by atoms with Gasteiger partial charge in [0.1, 0.15) is 0 Å². The lowest BCUT2D eigenvalue weighted by atomic mass is 10.2. The van der Waals surface area contributed by atoms with E-state index in [4.69, 9.17) is 5.73 Å². The first-order chi connectivity index (χ1) is 7.00. The van der Waals surface area contributed by atoms with Gasteiger partial charge in [0, 0.05) is 18.3 Å². The highest BCUT2D eigenvalue weighted by atomic mass is 19.3. The molecule has 0 fully saturated rings. The Morgan fingerprint density at radius 1 is 1.33 bits per heavy atom. The summed E-state index contributed by atoms with van der Waals surface area (Å²) in [7, 11) is 0. The Balaban J connectivity index is 2.64. The molecular formula is C9H11F3N2O. The van der Waals surface area contributed by atoms with Crippen molar-refractivity contribution in [1.82, 2.24) is 4.98 Å². The van der Waals surface area contributed by atoms with Crippen LogP contribution in [0.1, 0.15) is 18.5 Å². The van der Waals surface area contributed by atoms with Crippen LogP contribution in [-0.4, -0.2) is 17.8 Å². The predicted molar refractivity (Wildman–Crippen MR) is 48.4 cm³/mol. The van der Waals surface area contributed by atoms with Gasteiger partial charge in [-0.1, -0.05) is 6.07 Å². The van der Waals surface area contributed by atoms with Gasteiger partial charge in [0.05, 0.1) is 0 Å². The van der Waals surface area contributed by atoms with Gasteiger partial charge >= 0.3 is 6.43 Å². The highest BCUT2D eigenvalue weighted by Crippen LogP contribution is 2.16. The molecule has 0 saturated heterocycles. The van der Waals surface area contributed by atoms with Crippen molar-refractivity contribution in [3.8, 4) is 5.88 Å². The molecule has 1 aromatic rings. The number of halogens is 3. The van der Waals surface area contributed by atoms with E-state index in [1.54, 1.807) is 13.0 Å². The van der Waals surface area contributed by atoms with Crippen molar-refractivity contribution in [3.05, 3.63) is 23.9 Å². The van der Waals surface area contributed by atoms with Crippen LogP contribution >= 0.6 is 0 Å². The topological polar surface area (TPSA) is 48.1 Å². The molecule has 2 atom stereocenters. The van der Waals surface area contributed by atoms with Crippen LogP contribution in [0.2, 0.25) is 0 Å². The Hall–Kier alpha value is -1.30. The van der Waals surface area contributed by atoms with Gasteiger partial charge in [-0.2, -0.15) is 4.39 Å². The van der Waals surface area contributed by atoms with Crippen molar-refractivity contribution in [2.45, 2.75) is 25.7 Å². The highest BCUT2D eigenvalue weighted by Gasteiger charge is 2.21. The van der Waals surface area contributed by atoms with Gasteiger partial charge in [0.15, 0.2) is 0 Å². The number of rotatable bonds is 4. The number of hydrogen-bond acceptors (Lipinski definition) is 3. The van der Waals surface area contributed by atoms with Crippen LogP contribution in [0.15, 0.2) is 18.3 Å². The molecule has 0 aliphatic rings. The zero-order valence-electron chi connectivity index (χ0n) is 8.03. The van der Waals surface area contributed by atoms with E-state index in [9.17, 15) is 13.2 Å². The van der Waals surface area contributed by atoms with Crippen LogP contribution in [0.25, 0.3) is 0 Å².